The van der Waals surface area contributed by atoms with Crippen LogP contribution in [-0.4, -0.2) is 33.5 Å². The zero-order valence-corrected chi connectivity index (χ0v) is 13.9. The lowest BCUT2D eigenvalue weighted by molar-refractivity contribution is 0.0967. The van der Waals surface area contributed by atoms with Crippen molar-refractivity contribution in [1.82, 2.24) is 0 Å². The van der Waals surface area contributed by atoms with Crippen LogP contribution in [0.15, 0.2) is 16.6 Å². The molecule has 1 aromatic rings. The fraction of sp³-hybridized carbons (Fsp3) is 0.600. The van der Waals surface area contributed by atoms with Crippen LogP contribution in [0.2, 0.25) is 0 Å². The van der Waals surface area contributed by atoms with Crippen molar-refractivity contribution in [1.29, 1.82) is 0 Å². The number of rotatable bonds is 10. The number of nitrogens with two attached hydrogens (primary N) is 1. The largest absolute Gasteiger partial charge is 0.493 e. The second kappa shape index (κ2) is 10.0. The fourth-order valence-corrected chi connectivity index (χ4v) is 2.38. The molecule has 0 amide bonds. The van der Waals surface area contributed by atoms with Crippen molar-refractivity contribution in [3.8, 4) is 11.5 Å². The van der Waals surface area contributed by atoms with Gasteiger partial charge in [0.15, 0.2) is 11.5 Å². The van der Waals surface area contributed by atoms with E-state index in [2.05, 4.69) is 22.9 Å². The van der Waals surface area contributed by atoms with Gasteiger partial charge in [0.2, 0.25) is 0 Å². The van der Waals surface area contributed by atoms with Gasteiger partial charge in [0.05, 0.1) is 18.2 Å². The van der Waals surface area contributed by atoms with Gasteiger partial charge in [0, 0.05) is 6.61 Å². The molecule has 2 N–H and O–H groups in total. The average molecular weight is 346 g/mol. The number of halogens is 1. The first-order valence-electron chi connectivity index (χ1n) is 7.00. The van der Waals surface area contributed by atoms with Gasteiger partial charge in [0.25, 0.3) is 0 Å². The molecule has 0 aliphatic heterocycles. The zero-order chi connectivity index (χ0) is 14.8. The highest BCUT2D eigenvalue weighted by Crippen LogP contribution is 2.36. The molecule has 0 aliphatic rings. The van der Waals surface area contributed by atoms with Crippen LogP contribution in [0, 0.1) is 0 Å². The second-order valence-electron chi connectivity index (χ2n) is 4.46. The SMILES string of the molecule is CCCCOCCOc1c(Br)cc(CCN)cc1OC. The quantitative estimate of drug-likeness (QED) is 0.662. The van der Waals surface area contributed by atoms with Gasteiger partial charge in [-0.3, -0.25) is 0 Å². The summed E-state index contributed by atoms with van der Waals surface area (Å²) in [4.78, 5) is 0. The molecule has 0 radical (unpaired) electrons. The van der Waals surface area contributed by atoms with Crippen LogP contribution in [0.1, 0.15) is 25.3 Å². The number of benzene rings is 1. The number of hydrogen-bond acceptors (Lipinski definition) is 4. The molecule has 20 heavy (non-hydrogen) atoms. The third kappa shape index (κ3) is 5.69. The molecule has 0 unspecified atom stereocenters. The van der Waals surface area contributed by atoms with Crippen LogP contribution in [0.3, 0.4) is 0 Å². The molecule has 114 valence electrons. The molecule has 0 aliphatic carbocycles. The Morgan fingerprint density at radius 3 is 2.65 bits per heavy atom. The summed E-state index contributed by atoms with van der Waals surface area (Å²) in [6.45, 7) is 4.63. The fourth-order valence-electron chi connectivity index (χ4n) is 1.78. The summed E-state index contributed by atoms with van der Waals surface area (Å²) in [5, 5.41) is 0. The first kappa shape index (κ1) is 17.3. The van der Waals surface area contributed by atoms with E-state index in [9.17, 15) is 0 Å². The number of methoxy groups -OCH3 is 1. The highest BCUT2D eigenvalue weighted by molar-refractivity contribution is 9.10. The topological polar surface area (TPSA) is 53.7 Å². The zero-order valence-electron chi connectivity index (χ0n) is 12.3. The molecule has 0 bridgehead atoms. The first-order chi connectivity index (χ1) is 9.72. The van der Waals surface area contributed by atoms with Gasteiger partial charge in [-0.25, -0.2) is 0 Å². The summed E-state index contributed by atoms with van der Waals surface area (Å²) in [6, 6.07) is 3.98. The van der Waals surface area contributed by atoms with Crippen molar-refractivity contribution in [2.24, 2.45) is 5.73 Å². The molecule has 0 atom stereocenters. The second-order valence-corrected chi connectivity index (χ2v) is 5.32. The standard InChI is InChI=1S/C15H24BrNO3/c1-3-4-7-19-8-9-20-15-13(16)10-12(5-6-17)11-14(15)18-2/h10-11H,3-9,17H2,1-2H3. The van der Waals surface area contributed by atoms with Crippen molar-refractivity contribution < 1.29 is 14.2 Å². The Hall–Kier alpha value is -0.780. The van der Waals surface area contributed by atoms with Gasteiger partial charge >= 0.3 is 0 Å². The van der Waals surface area contributed by atoms with Crippen molar-refractivity contribution >= 4 is 15.9 Å². The van der Waals surface area contributed by atoms with Crippen LogP contribution in [0.4, 0.5) is 0 Å². The summed E-state index contributed by atoms with van der Waals surface area (Å²) < 4.78 is 17.5. The maximum absolute atomic E-state index is 5.74. The minimum atomic E-state index is 0.509. The number of ether oxygens (including phenoxy) is 3. The van der Waals surface area contributed by atoms with E-state index in [-0.39, 0.29) is 0 Å². The van der Waals surface area contributed by atoms with E-state index in [0.717, 1.165) is 41.7 Å². The van der Waals surface area contributed by atoms with Crippen LogP contribution >= 0.6 is 15.9 Å². The molecule has 4 nitrogen and oxygen atoms in total. The van der Waals surface area contributed by atoms with Gasteiger partial charge in [-0.05, 0) is 53.0 Å². The lowest BCUT2D eigenvalue weighted by atomic mass is 10.1. The maximum atomic E-state index is 5.74. The molecule has 0 spiro atoms. The number of unbranched alkanes of at least 4 members (excludes halogenated alkanes) is 1. The van der Waals surface area contributed by atoms with Crippen LogP contribution in [-0.2, 0) is 11.2 Å². The lowest BCUT2D eigenvalue weighted by Crippen LogP contribution is -2.09. The van der Waals surface area contributed by atoms with Crippen LogP contribution in [0.5, 0.6) is 11.5 Å². The number of hydrogen-bond donors (Lipinski definition) is 1. The molecule has 1 aromatic carbocycles. The minimum absolute atomic E-state index is 0.509. The highest BCUT2D eigenvalue weighted by Gasteiger charge is 2.11. The van der Waals surface area contributed by atoms with E-state index >= 15 is 0 Å². The van der Waals surface area contributed by atoms with E-state index in [4.69, 9.17) is 19.9 Å². The van der Waals surface area contributed by atoms with Crippen LogP contribution < -0.4 is 15.2 Å². The summed E-state index contributed by atoms with van der Waals surface area (Å²) in [7, 11) is 1.64. The molecular formula is C15H24BrNO3. The van der Waals surface area contributed by atoms with E-state index < -0.39 is 0 Å². The summed E-state index contributed by atoms with van der Waals surface area (Å²) in [6.07, 6.45) is 3.04. The summed E-state index contributed by atoms with van der Waals surface area (Å²) in [5.41, 5.74) is 6.70. The molecule has 5 heteroatoms. The van der Waals surface area contributed by atoms with Crippen molar-refractivity contribution in [3.63, 3.8) is 0 Å². The van der Waals surface area contributed by atoms with E-state index in [1.807, 2.05) is 12.1 Å². The Balaban J connectivity index is 2.55. The van der Waals surface area contributed by atoms with Crippen molar-refractivity contribution in [2.45, 2.75) is 26.2 Å². The Kier molecular flexibility index (Phi) is 8.65. The normalized spacial score (nSPS) is 10.6. The summed E-state index contributed by atoms with van der Waals surface area (Å²) >= 11 is 3.52. The molecule has 0 saturated heterocycles. The van der Waals surface area contributed by atoms with Crippen LogP contribution in [0.25, 0.3) is 0 Å². The monoisotopic (exact) mass is 345 g/mol. The van der Waals surface area contributed by atoms with Gasteiger partial charge in [0.1, 0.15) is 6.61 Å². The van der Waals surface area contributed by atoms with Crippen molar-refractivity contribution in [3.05, 3.63) is 22.2 Å². The van der Waals surface area contributed by atoms with Gasteiger partial charge in [-0.1, -0.05) is 13.3 Å². The predicted molar refractivity (Wildman–Crippen MR) is 84.7 cm³/mol. The lowest BCUT2D eigenvalue weighted by Gasteiger charge is -2.14. The maximum Gasteiger partial charge on any atom is 0.175 e. The van der Waals surface area contributed by atoms with Crippen molar-refractivity contribution in [2.75, 3.05) is 33.5 Å². The molecule has 1 rings (SSSR count). The Morgan fingerprint density at radius 2 is 2.00 bits per heavy atom. The Morgan fingerprint density at radius 1 is 1.20 bits per heavy atom. The summed E-state index contributed by atoms with van der Waals surface area (Å²) in [5.74, 6) is 1.43. The Labute approximate surface area is 129 Å². The Bertz CT molecular complexity index is 399. The van der Waals surface area contributed by atoms with Gasteiger partial charge in [-0.15, -0.1) is 0 Å². The highest BCUT2D eigenvalue weighted by atomic mass is 79.9. The molecule has 0 heterocycles. The van der Waals surface area contributed by atoms with E-state index in [1.54, 1.807) is 7.11 Å². The first-order valence-corrected chi connectivity index (χ1v) is 7.79. The van der Waals surface area contributed by atoms with Gasteiger partial charge < -0.3 is 19.9 Å². The smallest absolute Gasteiger partial charge is 0.175 e. The van der Waals surface area contributed by atoms with E-state index in [0.29, 0.717) is 25.5 Å². The third-order valence-corrected chi connectivity index (χ3v) is 3.43. The van der Waals surface area contributed by atoms with Gasteiger partial charge in [-0.2, -0.15) is 0 Å². The average Bonchev–Trinajstić information content (AvgIpc) is 2.44. The molecular weight excluding hydrogens is 322 g/mol. The minimum Gasteiger partial charge on any atom is -0.493 e. The third-order valence-electron chi connectivity index (χ3n) is 2.84. The predicted octanol–water partition coefficient (Wildman–Crippen LogP) is 3.15. The molecule has 0 fully saturated rings. The molecule has 0 saturated carbocycles. The van der Waals surface area contributed by atoms with E-state index in [1.165, 1.54) is 0 Å². The molecule has 0 aromatic heterocycles.